The van der Waals surface area contributed by atoms with Crippen molar-refractivity contribution in [3.63, 3.8) is 0 Å². The normalized spacial score (nSPS) is 14.0. The van der Waals surface area contributed by atoms with E-state index in [-0.39, 0.29) is 0 Å². The van der Waals surface area contributed by atoms with Crippen molar-refractivity contribution in [2.45, 2.75) is 38.6 Å². The molecule has 6 nitrogen and oxygen atoms in total. The summed E-state index contributed by atoms with van der Waals surface area (Å²) in [6, 6.07) is 3.73. The number of rotatable bonds is 6. The van der Waals surface area contributed by atoms with E-state index in [0.29, 0.717) is 24.0 Å². The molecule has 108 valence electrons. The van der Waals surface area contributed by atoms with Gasteiger partial charge in [-0.3, -0.25) is 0 Å². The lowest BCUT2D eigenvalue weighted by molar-refractivity contribution is 0.282. The predicted molar refractivity (Wildman–Crippen MR) is 74.3 cm³/mol. The number of nitrogens with two attached hydrogens (primary N) is 1. The van der Waals surface area contributed by atoms with Crippen molar-refractivity contribution < 1.29 is 9.26 Å². The maximum absolute atomic E-state index is 6.17. The van der Waals surface area contributed by atoms with Gasteiger partial charge in [-0.05, 0) is 18.9 Å². The summed E-state index contributed by atoms with van der Waals surface area (Å²) in [6.07, 6.45) is 4.07. The Balaban J connectivity index is 2.09. The minimum absolute atomic E-state index is 0.482. The lowest BCUT2D eigenvalue weighted by Crippen LogP contribution is -2.33. The fourth-order valence-electron chi connectivity index (χ4n) is 2.00. The number of hydrogen-bond acceptors (Lipinski definition) is 6. The molecule has 0 aliphatic heterocycles. The molecular formula is C14H20N4O2. The first-order valence-corrected chi connectivity index (χ1v) is 6.66. The molecule has 2 heterocycles. The maximum Gasteiger partial charge on any atom is 0.246 e. The van der Waals surface area contributed by atoms with Crippen molar-refractivity contribution in [2.75, 3.05) is 7.11 Å². The highest BCUT2D eigenvalue weighted by atomic mass is 16.5. The van der Waals surface area contributed by atoms with Gasteiger partial charge in [-0.25, -0.2) is 4.98 Å². The quantitative estimate of drug-likeness (QED) is 0.868. The van der Waals surface area contributed by atoms with Crippen molar-refractivity contribution in [1.29, 1.82) is 0 Å². The van der Waals surface area contributed by atoms with Crippen LogP contribution < -0.4 is 10.5 Å². The zero-order valence-electron chi connectivity index (χ0n) is 12.1. The Morgan fingerprint density at radius 3 is 2.80 bits per heavy atom. The van der Waals surface area contributed by atoms with Gasteiger partial charge in [0.15, 0.2) is 5.82 Å². The second kappa shape index (κ2) is 6.00. The zero-order valence-corrected chi connectivity index (χ0v) is 12.1. The molecule has 2 N–H and O–H groups in total. The average molecular weight is 276 g/mol. The van der Waals surface area contributed by atoms with Crippen LogP contribution in [0.2, 0.25) is 0 Å². The van der Waals surface area contributed by atoms with Gasteiger partial charge in [0, 0.05) is 18.7 Å². The van der Waals surface area contributed by atoms with Crippen LogP contribution in [0.5, 0.6) is 5.88 Å². The van der Waals surface area contributed by atoms with E-state index >= 15 is 0 Å². The van der Waals surface area contributed by atoms with Gasteiger partial charge in [0.05, 0.1) is 12.6 Å². The summed E-state index contributed by atoms with van der Waals surface area (Å²) < 4.78 is 10.3. The first-order chi connectivity index (χ1) is 9.55. The van der Waals surface area contributed by atoms with Gasteiger partial charge in [-0.15, -0.1) is 0 Å². The van der Waals surface area contributed by atoms with E-state index in [1.807, 2.05) is 13.0 Å². The van der Waals surface area contributed by atoms with Crippen LogP contribution in [0, 0.1) is 0 Å². The third-order valence-corrected chi connectivity index (χ3v) is 3.09. The van der Waals surface area contributed by atoms with Gasteiger partial charge in [-0.2, -0.15) is 4.98 Å². The summed E-state index contributed by atoms with van der Waals surface area (Å²) in [4.78, 5) is 8.52. The van der Waals surface area contributed by atoms with E-state index in [9.17, 15) is 0 Å². The molecule has 2 aromatic heterocycles. The molecule has 0 bridgehead atoms. The molecule has 2 aromatic rings. The van der Waals surface area contributed by atoms with Crippen LogP contribution in [0.15, 0.2) is 22.9 Å². The summed E-state index contributed by atoms with van der Waals surface area (Å²) in [5.41, 5.74) is 6.59. The molecule has 1 atom stereocenters. The molecular weight excluding hydrogens is 256 g/mol. The molecule has 6 heteroatoms. The highest BCUT2D eigenvalue weighted by molar-refractivity contribution is 5.20. The van der Waals surface area contributed by atoms with Crippen molar-refractivity contribution >= 4 is 0 Å². The third-order valence-electron chi connectivity index (χ3n) is 3.09. The minimum atomic E-state index is -0.571. The van der Waals surface area contributed by atoms with Gasteiger partial charge in [0.2, 0.25) is 11.8 Å². The fraction of sp³-hybridized carbons (Fsp3) is 0.500. The lowest BCUT2D eigenvalue weighted by Gasteiger charge is -2.18. The SMILES string of the molecule is CCCC(C)(N)c1nc(Cc2ccc(OC)nc2)no1. The van der Waals surface area contributed by atoms with Gasteiger partial charge in [-0.1, -0.05) is 24.6 Å². The molecule has 0 aliphatic rings. The third kappa shape index (κ3) is 3.33. The first-order valence-electron chi connectivity index (χ1n) is 6.66. The molecule has 0 saturated carbocycles. The number of hydrogen-bond donors (Lipinski definition) is 1. The zero-order chi connectivity index (χ0) is 14.6. The smallest absolute Gasteiger partial charge is 0.246 e. The molecule has 0 fully saturated rings. The van der Waals surface area contributed by atoms with Crippen molar-refractivity contribution in [3.8, 4) is 5.88 Å². The summed E-state index contributed by atoms with van der Waals surface area (Å²) in [7, 11) is 1.59. The van der Waals surface area contributed by atoms with Crippen molar-refractivity contribution in [3.05, 3.63) is 35.6 Å². The van der Waals surface area contributed by atoms with E-state index in [0.717, 1.165) is 18.4 Å². The highest BCUT2D eigenvalue weighted by Crippen LogP contribution is 2.21. The van der Waals surface area contributed by atoms with E-state index in [2.05, 4.69) is 22.0 Å². The minimum Gasteiger partial charge on any atom is -0.481 e. The Kier molecular flexibility index (Phi) is 4.34. The van der Waals surface area contributed by atoms with E-state index < -0.39 is 5.54 Å². The van der Waals surface area contributed by atoms with E-state index in [1.54, 1.807) is 19.4 Å². The Morgan fingerprint density at radius 1 is 1.40 bits per heavy atom. The molecule has 0 aliphatic carbocycles. The number of aromatic nitrogens is 3. The Morgan fingerprint density at radius 2 is 2.20 bits per heavy atom. The summed E-state index contributed by atoms with van der Waals surface area (Å²) >= 11 is 0. The number of methoxy groups -OCH3 is 1. The fourth-order valence-corrected chi connectivity index (χ4v) is 2.00. The van der Waals surface area contributed by atoms with Crippen LogP contribution in [0.3, 0.4) is 0 Å². The lowest BCUT2D eigenvalue weighted by atomic mass is 9.98. The van der Waals surface area contributed by atoms with Gasteiger partial charge < -0.3 is 15.0 Å². The van der Waals surface area contributed by atoms with E-state index in [1.165, 1.54) is 0 Å². The second-order valence-electron chi connectivity index (χ2n) is 5.07. The number of pyridine rings is 1. The topological polar surface area (TPSA) is 87.1 Å². The van der Waals surface area contributed by atoms with Crippen LogP contribution in [0.4, 0.5) is 0 Å². The molecule has 2 rings (SSSR count). The predicted octanol–water partition coefficient (Wildman–Crippen LogP) is 2.04. The van der Waals surface area contributed by atoms with Gasteiger partial charge >= 0.3 is 0 Å². The van der Waals surface area contributed by atoms with Crippen LogP contribution in [-0.2, 0) is 12.0 Å². The maximum atomic E-state index is 6.17. The monoisotopic (exact) mass is 276 g/mol. The van der Waals surface area contributed by atoms with E-state index in [4.69, 9.17) is 15.0 Å². The van der Waals surface area contributed by atoms with Crippen LogP contribution in [0.25, 0.3) is 0 Å². The van der Waals surface area contributed by atoms with Crippen LogP contribution in [-0.4, -0.2) is 22.2 Å². The number of nitrogens with zero attached hydrogens (tertiary/aromatic N) is 3. The first kappa shape index (κ1) is 14.5. The standard InChI is InChI=1S/C14H20N4O2/c1-4-7-14(2,15)13-17-11(18-20-13)8-10-5-6-12(19-3)16-9-10/h5-6,9H,4,7-8,15H2,1-3H3. The van der Waals surface area contributed by atoms with Gasteiger partial charge in [0.1, 0.15) is 0 Å². The second-order valence-corrected chi connectivity index (χ2v) is 5.07. The summed E-state index contributed by atoms with van der Waals surface area (Å²) in [5.74, 6) is 1.68. The largest absolute Gasteiger partial charge is 0.481 e. The molecule has 0 saturated heterocycles. The Hall–Kier alpha value is -1.95. The molecule has 0 amide bonds. The molecule has 20 heavy (non-hydrogen) atoms. The molecule has 0 aromatic carbocycles. The Labute approximate surface area is 118 Å². The summed E-state index contributed by atoms with van der Waals surface area (Å²) in [5, 5.41) is 3.98. The number of ether oxygens (including phenoxy) is 1. The molecule has 0 radical (unpaired) electrons. The van der Waals surface area contributed by atoms with Crippen molar-refractivity contribution in [1.82, 2.24) is 15.1 Å². The van der Waals surface area contributed by atoms with Crippen LogP contribution >= 0.6 is 0 Å². The summed E-state index contributed by atoms with van der Waals surface area (Å²) in [6.45, 7) is 3.98. The highest BCUT2D eigenvalue weighted by Gasteiger charge is 2.27. The molecule has 0 spiro atoms. The molecule has 1 unspecified atom stereocenters. The van der Waals surface area contributed by atoms with Gasteiger partial charge in [0.25, 0.3) is 0 Å². The average Bonchev–Trinajstić information content (AvgIpc) is 2.89. The van der Waals surface area contributed by atoms with Crippen LogP contribution in [0.1, 0.15) is 44.0 Å². The Bertz CT molecular complexity index is 549. The van der Waals surface area contributed by atoms with Crippen molar-refractivity contribution in [2.24, 2.45) is 5.73 Å².